The van der Waals surface area contributed by atoms with Gasteiger partial charge >= 0.3 is 5.97 Å². The van der Waals surface area contributed by atoms with E-state index < -0.39 is 21.4 Å². The van der Waals surface area contributed by atoms with E-state index in [1.807, 2.05) is 0 Å². The maximum absolute atomic E-state index is 12.3. The highest BCUT2D eigenvalue weighted by Crippen LogP contribution is 2.26. The highest BCUT2D eigenvalue weighted by molar-refractivity contribution is 7.88. The summed E-state index contributed by atoms with van der Waals surface area (Å²) in [7, 11) is -3.29. The van der Waals surface area contributed by atoms with Gasteiger partial charge in [-0.1, -0.05) is 13.8 Å². The Morgan fingerprint density at radius 1 is 1.33 bits per heavy atom. The number of hydrogen-bond donors (Lipinski definition) is 2. The standard InChI is InChI=1S/C13H24N2O5S/c1-13(2,8-12(17)18)7-11(16)15-6-4-5-10(9-15)14-21(3,19)20/h10,14H,4-9H2,1-3H3,(H,17,18). The maximum atomic E-state index is 12.3. The number of rotatable bonds is 6. The highest BCUT2D eigenvalue weighted by Gasteiger charge is 2.30. The van der Waals surface area contributed by atoms with Gasteiger partial charge in [-0.25, -0.2) is 13.1 Å². The summed E-state index contributed by atoms with van der Waals surface area (Å²) in [5.74, 6) is -1.05. The van der Waals surface area contributed by atoms with Crippen LogP contribution in [0, 0.1) is 5.41 Å². The molecule has 0 aromatic carbocycles. The molecule has 1 rings (SSSR count). The first kappa shape index (κ1) is 17.9. The number of likely N-dealkylation sites (tertiary alicyclic amines) is 1. The quantitative estimate of drug-likeness (QED) is 0.738. The highest BCUT2D eigenvalue weighted by atomic mass is 32.2. The van der Waals surface area contributed by atoms with E-state index in [-0.39, 0.29) is 24.8 Å². The minimum absolute atomic E-state index is 0.0718. The second kappa shape index (κ2) is 6.74. The van der Waals surface area contributed by atoms with Gasteiger partial charge in [-0.05, 0) is 18.3 Å². The van der Waals surface area contributed by atoms with Gasteiger partial charge < -0.3 is 10.0 Å². The molecular formula is C13H24N2O5S. The molecule has 122 valence electrons. The smallest absolute Gasteiger partial charge is 0.303 e. The minimum Gasteiger partial charge on any atom is -0.481 e. The molecule has 2 N–H and O–H groups in total. The van der Waals surface area contributed by atoms with Crippen molar-refractivity contribution in [1.29, 1.82) is 0 Å². The maximum Gasteiger partial charge on any atom is 0.303 e. The summed E-state index contributed by atoms with van der Waals surface area (Å²) in [5, 5.41) is 8.84. The monoisotopic (exact) mass is 320 g/mol. The lowest BCUT2D eigenvalue weighted by molar-refractivity contribution is -0.141. The Kier molecular flexibility index (Phi) is 5.75. The van der Waals surface area contributed by atoms with Crippen LogP contribution < -0.4 is 4.72 Å². The van der Waals surface area contributed by atoms with Gasteiger partial charge in [0.1, 0.15) is 0 Å². The molecule has 1 unspecified atom stereocenters. The fourth-order valence-electron chi connectivity index (χ4n) is 2.60. The third-order valence-electron chi connectivity index (χ3n) is 3.41. The number of piperidine rings is 1. The van der Waals surface area contributed by atoms with Crippen molar-refractivity contribution in [3.05, 3.63) is 0 Å². The molecule has 1 amide bonds. The third kappa shape index (κ3) is 6.90. The van der Waals surface area contributed by atoms with Crippen molar-refractivity contribution in [1.82, 2.24) is 9.62 Å². The number of nitrogens with one attached hydrogen (secondary N) is 1. The van der Waals surface area contributed by atoms with E-state index >= 15 is 0 Å². The van der Waals surface area contributed by atoms with Crippen molar-refractivity contribution in [3.8, 4) is 0 Å². The molecule has 1 atom stereocenters. The molecule has 1 saturated heterocycles. The summed E-state index contributed by atoms with van der Waals surface area (Å²) >= 11 is 0. The van der Waals surface area contributed by atoms with E-state index in [1.165, 1.54) is 0 Å². The van der Waals surface area contributed by atoms with Crippen LogP contribution in [0.15, 0.2) is 0 Å². The molecule has 0 saturated carbocycles. The predicted molar refractivity (Wildman–Crippen MR) is 78.2 cm³/mol. The molecule has 0 aliphatic carbocycles. The zero-order valence-corrected chi connectivity index (χ0v) is 13.6. The van der Waals surface area contributed by atoms with Crippen LogP contribution in [0.3, 0.4) is 0 Å². The molecule has 1 aliphatic rings. The minimum atomic E-state index is -3.29. The fraction of sp³-hybridized carbons (Fsp3) is 0.846. The number of carbonyl (C=O) groups excluding carboxylic acids is 1. The lowest BCUT2D eigenvalue weighted by Crippen LogP contribution is -2.50. The number of hydrogen-bond acceptors (Lipinski definition) is 4. The molecule has 1 heterocycles. The summed E-state index contributed by atoms with van der Waals surface area (Å²) in [4.78, 5) is 24.7. The summed E-state index contributed by atoms with van der Waals surface area (Å²) in [5.41, 5.74) is -0.611. The van der Waals surface area contributed by atoms with Gasteiger partial charge in [0.25, 0.3) is 0 Å². The lowest BCUT2D eigenvalue weighted by Gasteiger charge is -2.34. The van der Waals surface area contributed by atoms with Gasteiger partial charge in [0.2, 0.25) is 15.9 Å². The fourth-order valence-corrected chi connectivity index (χ4v) is 3.39. The first-order chi connectivity index (χ1) is 9.48. The first-order valence-electron chi connectivity index (χ1n) is 6.95. The average molecular weight is 320 g/mol. The first-order valence-corrected chi connectivity index (χ1v) is 8.84. The molecular weight excluding hydrogens is 296 g/mol. The van der Waals surface area contributed by atoms with Gasteiger partial charge in [0.15, 0.2) is 0 Å². The number of sulfonamides is 1. The van der Waals surface area contributed by atoms with E-state index in [1.54, 1.807) is 18.7 Å². The lowest BCUT2D eigenvalue weighted by atomic mass is 9.85. The Balaban J connectivity index is 2.60. The molecule has 0 bridgehead atoms. The van der Waals surface area contributed by atoms with Gasteiger partial charge in [-0.2, -0.15) is 0 Å². The van der Waals surface area contributed by atoms with Crippen LogP contribution in [0.5, 0.6) is 0 Å². The Morgan fingerprint density at radius 2 is 1.95 bits per heavy atom. The topological polar surface area (TPSA) is 104 Å². The van der Waals surface area contributed by atoms with Crippen molar-refractivity contribution >= 4 is 21.9 Å². The number of carbonyl (C=O) groups is 2. The molecule has 0 aromatic rings. The molecule has 21 heavy (non-hydrogen) atoms. The van der Waals surface area contributed by atoms with Gasteiger partial charge in [0.05, 0.1) is 12.7 Å². The predicted octanol–water partition coefficient (Wildman–Crippen LogP) is 0.418. The van der Waals surface area contributed by atoms with Gasteiger partial charge in [-0.3, -0.25) is 9.59 Å². The number of carboxylic acid groups (broad SMARTS) is 1. The van der Waals surface area contributed by atoms with Crippen molar-refractivity contribution in [2.75, 3.05) is 19.3 Å². The van der Waals surface area contributed by atoms with E-state index in [0.717, 1.165) is 12.7 Å². The summed E-state index contributed by atoms with van der Waals surface area (Å²) < 4.78 is 25.0. The molecule has 1 aliphatic heterocycles. The summed E-state index contributed by atoms with van der Waals surface area (Å²) in [6.07, 6.45) is 2.61. The van der Waals surface area contributed by atoms with Crippen molar-refractivity contribution in [2.24, 2.45) is 5.41 Å². The SMILES string of the molecule is CC(C)(CC(=O)O)CC(=O)N1CCCC(NS(C)(=O)=O)C1. The normalized spacial score (nSPS) is 20.3. The van der Waals surface area contributed by atoms with Crippen molar-refractivity contribution < 1.29 is 23.1 Å². The summed E-state index contributed by atoms with van der Waals surface area (Å²) in [6, 6.07) is -0.264. The molecule has 8 heteroatoms. The molecule has 1 fully saturated rings. The number of amides is 1. The third-order valence-corrected chi connectivity index (χ3v) is 4.18. The van der Waals surface area contributed by atoms with E-state index in [2.05, 4.69) is 4.72 Å². The number of aliphatic carboxylic acids is 1. The molecule has 0 aromatic heterocycles. The number of carboxylic acids is 1. The summed E-state index contributed by atoms with van der Waals surface area (Å²) in [6.45, 7) is 4.42. The van der Waals surface area contributed by atoms with Crippen LogP contribution in [-0.2, 0) is 19.6 Å². The van der Waals surface area contributed by atoms with Gasteiger partial charge in [-0.15, -0.1) is 0 Å². The van der Waals surface area contributed by atoms with Crippen LogP contribution in [0.25, 0.3) is 0 Å². The molecule has 0 spiro atoms. The zero-order valence-electron chi connectivity index (χ0n) is 12.8. The Morgan fingerprint density at radius 3 is 2.48 bits per heavy atom. The molecule has 7 nitrogen and oxygen atoms in total. The van der Waals surface area contributed by atoms with Gasteiger partial charge in [0, 0.05) is 25.6 Å². The second-order valence-electron chi connectivity index (χ2n) is 6.48. The Labute approximate surface area is 125 Å². The van der Waals surface area contributed by atoms with Crippen molar-refractivity contribution in [2.45, 2.75) is 45.6 Å². The van der Waals surface area contributed by atoms with Crippen LogP contribution in [0.1, 0.15) is 39.5 Å². The van der Waals surface area contributed by atoms with E-state index in [9.17, 15) is 18.0 Å². The largest absolute Gasteiger partial charge is 0.481 e. The second-order valence-corrected chi connectivity index (χ2v) is 8.26. The van der Waals surface area contributed by atoms with Crippen LogP contribution in [0.2, 0.25) is 0 Å². The zero-order chi connectivity index (χ0) is 16.3. The molecule has 0 radical (unpaired) electrons. The Bertz CT molecular complexity index is 501. The van der Waals surface area contributed by atoms with Crippen LogP contribution >= 0.6 is 0 Å². The van der Waals surface area contributed by atoms with E-state index in [0.29, 0.717) is 19.5 Å². The van der Waals surface area contributed by atoms with Crippen LogP contribution in [-0.4, -0.2) is 55.7 Å². The van der Waals surface area contributed by atoms with Crippen LogP contribution in [0.4, 0.5) is 0 Å². The average Bonchev–Trinajstić information content (AvgIpc) is 2.24. The Hall–Kier alpha value is -1.15. The number of nitrogens with zero attached hydrogens (tertiary/aromatic N) is 1. The van der Waals surface area contributed by atoms with E-state index in [4.69, 9.17) is 5.11 Å². The van der Waals surface area contributed by atoms with Crippen molar-refractivity contribution in [3.63, 3.8) is 0 Å².